The van der Waals surface area contributed by atoms with Gasteiger partial charge in [0.05, 0.1) is 25.9 Å². The molecule has 1 N–H and O–H groups in total. The summed E-state index contributed by atoms with van der Waals surface area (Å²) in [6, 6.07) is 12.8. The van der Waals surface area contributed by atoms with Gasteiger partial charge < -0.3 is 5.11 Å². The number of phenolic OH excluding ortho intramolecular Hbond substituents is 1. The van der Waals surface area contributed by atoms with E-state index in [4.69, 9.17) is 0 Å². The number of para-hydroxylation sites is 1. The minimum atomic E-state index is -0.172. The van der Waals surface area contributed by atoms with Crippen LogP contribution in [-0.4, -0.2) is 16.7 Å². The summed E-state index contributed by atoms with van der Waals surface area (Å²) >= 11 is 6.58. The average molecular weight is 436 g/mol. The number of carbonyl (C=O) groups excluding carboxylic acids is 1. The van der Waals surface area contributed by atoms with Crippen LogP contribution < -0.4 is 5.01 Å². The Labute approximate surface area is 150 Å². The maximum atomic E-state index is 12.6. The van der Waals surface area contributed by atoms with E-state index in [2.05, 4.69) is 37.0 Å². The van der Waals surface area contributed by atoms with Crippen LogP contribution in [0.4, 0.5) is 5.69 Å². The Morgan fingerprint density at radius 1 is 1.13 bits per heavy atom. The van der Waals surface area contributed by atoms with Crippen molar-refractivity contribution >= 4 is 55.2 Å². The molecular formula is C17H12Br2N2O2. The number of rotatable bonds is 2. The van der Waals surface area contributed by atoms with Crippen molar-refractivity contribution in [1.29, 1.82) is 0 Å². The zero-order valence-electron chi connectivity index (χ0n) is 12.1. The normalized spacial score (nSPS) is 16.1. The highest BCUT2D eigenvalue weighted by Gasteiger charge is 2.28. The fourth-order valence-electron chi connectivity index (χ4n) is 2.26. The molecule has 23 heavy (non-hydrogen) atoms. The second-order valence-corrected chi connectivity index (χ2v) is 6.74. The van der Waals surface area contributed by atoms with Gasteiger partial charge in [0.15, 0.2) is 0 Å². The van der Waals surface area contributed by atoms with Gasteiger partial charge in [-0.2, -0.15) is 10.1 Å². The number of nitrogens with zero attached hydrogens (tertiary/aromatic N) is 2. The number of halogens is 2. The summed E-state index contributed by atoms with van der Waals surface area (Å²) in [4.78, 5) is 12.6. The summed E-state index contributed by atoms with van der Waals surface area (Å²) < 4.78 is 1.11. The van der Waals surface area contributed by atoms with Crippen molar-refractivity contribution in [3.63, 3.8) is 0 Å². The van der Waals surface area contributed by atoms with Crippen LogP contribution in [0.3, 0.4) is 0 Å². The summed E-state index contributed by atoms with van der Waals surface area (Å²) in [5.41, 5.74) is 2.69. The van der Waals surface area contributed by atoms with Crippen LogP contribution in [0.2, 0.25) is 0 Å². The van der Waals surface area contributed by atoms with Gasteiger partial charge in [0.1, 0.15) is 5.75 Å². The smallest absolute Gasteiger partial charge is 0.280 e. The van der Waals surface area contributed by atoms with Crippen molar-refractivity contribution in [1.82, 2.24) is 0 Å². The summed E-state index contributed by atoms with van der Waals surface area (Å²) in [5.74, 6) is -0.0461. The molecule has 3 rings (SSSR count). The van der Waals surface area contributed by atoms with E-state index < -0.39 is 0 Å². The first-order chi connectivity index (χ1) is 11.0. The van der Waals surface area contributed by atoms with E-state index in [-0.39, 0.29) is 11.7 Å². The molecule has 4 nitrogen and oxygen atoms in total. The molecule has 2 aromatic rings. The molecule has 1 amide bonds. The molecule has 6 heteroatoms. The Kier molecular flexibility index (Phi) is 4.37. The highest BCUT2D eigenvalue weighted by atomic mass is 79.9. The van der Waals surface area contributed by atoms with Gasteiger partial charge in [-0.1, -0.05) is 18.2 Å². The molecule has 0 atom stereocenters. The van der Waals surface area contributed by atoms with E-state index in [0.29, 0.717) is 20.2 Å². The third-order valence-electron chi connectivity index (χ3n) is 3.41. The Balaban J connectivity index is 1.99. The van der Waals surface area contributed by atoms with Crippen LogP contribution in [0.25, 0.3) is 6.08 Å². The van der Waals surface area contributed by atoms with E-state index >= 15 is 0 Å². The fraction of sp³-hybridized carbons (Fsp3) is 0.0588. The second-order valence-electron chi connectivity index (χ2n) is 5.03. The quantitative estimate of drug-likeness (QED) is 0.693. The first kappa shape index (κ1) is 16.0. The molecule has 1 heterocycles. The lowest BCUT2D eigenvalue weighted by atomic mass is 10.1. The molecule has 0 saturated carbocycles. The number of anilines is 1. The number of hydrogen-bond acceptors (Lipinski definition) is 3. The van der Waals surface area contributed by atoms with Crippen molar-refractivity contribution in [2.75, 3.05) is 5.01 Å². The predicted octanol–water partition coefficient (Wildman–Crippen LogP) is 4.72. The average Bonchev–Trinajstić information content (AvgIpc) is 2.81. The van der Waals surface area contributed by atoms with Crippen molar-refractivity contribution in [3.8, 4) is 5.75 Å². The number of hydrogen-bond donors (Lipinski definition) is 1. The Hall–Kier alpha value is -1.92. The number of phenols is 1. The van der Waals surface area contributed by atoms with E-state index in [1.165, 1.54) is 5.01 Å². The molecule has 0 radical (unpaired) electrons. The highest BCUT2D eigenvalue weighted by Crippen LogP contribution is 2.34. The lowest BCUT2D eigenvalue weighted by Gasteiger charge is -2.11. The largest absolute Gasteiger partial charge is 0.506 e. The standard InChI is InChI=1S/C17H12Br2N2O2/c1-10-13(7-11-8-14(18)16(22)15(19)9-11)17(23)21(20-10)12-5-3-2-4-6-12/h2-9,22H,1H3/b13-7-. The lowest BCUT2D eigenvalue weighted by Crippen LogP contribution is -2.21. The van der Waals surface area contributed by atoms with Crippen LogP contribution in [0.5, 0.6) is 5.75 Å². The van der Waals surface area contributed by atoms with E-state index in [1.807, 2.05) is 30.3 Å². The molecule has 1 aliphatic rings. The molecule has 0 fully saturated rings. The first-order valence-corrected chi connectivity index (χ1v) is 8.41. The van der Waals surface area contributed by atoms with Crippen molar-refractivity contribution < 1.29 is 9.90 Å². The first-order valence-electron chi connectivity index (χ1n) is 6.82. The van der Waals surface area contributed by atoms with Gasteiger partial charge in [-0.25, -0.2) is 0 Å². The molecule has 0 aliphatic carbocycles. The Morgan fingerprint density at radius 2 is 1.74 bits per heavy atom. The number of amides is 1. The van der Waals surface area contributed by atoms with Crippen LogP contribution in [-0.2, 0) is 4.79 Å². The maximum absolute atomic E-state index is 12.6. The predicted molar refractivity (Wildman–Crippen MR) is 98.5 cm³/mol. The number of aromatic hydroxyl groups is 1. The maximum Gasteiger partial charge on any atom is 0.280 e. The molecule has 1 aliphatic heterocycles. The zero-order valence-corrected chi connectivity index (χ0v) is 15.3. The van der Waals surface area contributed by atoms with E-state index in [9.17, 15) is 9.90 Å². The number of hydrazone groups is 1. The van der Waals surface area contributed by atoms with Gasteiger partial charge in [-0.05, 0) is 74.7 Å². The van der Waals surface area contributed by atoms with Gasteiger partial charge in [0.2, 0.25) is 0 Å². The molecule has 0 unspecified atom stereocenters. The SMILES string of the molecule is CC1=NN(c2ccccc2)C(=O)/C1=C\c1cc(Br)c(O)c(Br)c1. The third kappa shape index (κ3) is 3.09. The minimum Gasteiger partial charge on any atom is -0.506 e. The summed E-state index contributed by atoms with van der Waals surface area (Å²) in [6.45, 7) is 1.80. The second kappa shape index (κ2) is 6.29. The third-order valence-corrected chi connectivity index (χ3v) is 4.62. The fourth-order valence-corrected chi connectivity index (χ4v) is 3.49. The summed E-state index contributed by atoms with van der Waals surface area (Å²) in [5, 5.41) is 15.5. The Morgan fingerprint density at radius 3 is 2.35 bits per heavy atom. The van der Waals surface area contributed by atoms with Crippen LogP contribution in [0, 0.1) is 0 Å². The molecule has 0 spiro atoms. The van der Waals surface area contributed by atoms with Gasteiger partial charge in [-0.3, -0.25) is 4.79 Å². The monoisotopic (exact) mass is 434 g/mol. The molecule has 0 aromatic heterocycles. The number of carbonyl (C=O) groups is 1. The van der Waals surface area contributed by atoms with Crippen LogP contribution in [0.15, 0.2) is 62.1 Å². The van der Waals surface area contributed by atoms with Gasteiger partial charge in [0.25, 0.3) is 5.91 Å². The van der Waals surface area contributed by atoms with E-state index in [0.717, 1.165) is 11.3 Å². The molecule has 116 valence electrons. The highest BCUT2D eigenvalue weighted by molar-refractivity contribution is 9.11. The number of benzene rings is 2. The molecule has 2 aromatic carbocycles. The molecular weight excluding hydrogens is 424 g/mol. The summed E-state index contributed by atoms with van der Waals surface area (Å²) in [7, 11) is 0. The van der Waals surface area contributed by atoms with Gasteiger partial charge in [0, 0.05) is 0 Å². The zero-order chi connectivity index (χ0) is 16.6. The molecule has 0 bridgehead atoms. The van der Waals surface area contributed by atoms with Crippen molar-refractivity contribution in [2.24, 2.45) is 5.10 Å². The summed E-state index contributed by atoms with van der Waals surface area (Å²) in [6.07, 6.45) is 1.76. The van der Waals surface area contributed by atoms with Gasteiger partial charge >= 0.3 is 0 Å². The molecule has 0 saturated heterocycles. The Bertz CT molecular complexity index is 822. The van der Waals surface area contributed by atoms with Crippen LogP contribution in [0.1, 0.15) is 12.5 Å². The van der Waals surface area contributed by atoms with Crippen molar-refractivity contribution in [2.45, 2.75) is 6.92 Å². The van der Waals surface area contributed by atoms with Crippen LogP contribution >= 0.6 is 31.9 Å². The minimum absolute atomic E-state index is 0.126. The van der Waals surface area contributed by atoms with Gasteiger partial charge in [-0.15, -0.1) is 0 Å². The van der Waals surface area contributed by atoms with E-state index in [1.54, 1.807) is 25.1 Å². The van der Waals surface area contributed by atoms with Crippen molar-refractivity contribution in [3.05, 3.63) is 62.5 Å². The topological polar surface area (TPSA) is 52.9 Å². The lowest BCUT2D eigenvalue weighted by molar-refractivity contribution is -0.114.